The van der Waals surface area contributed by atoms with E-state index in [-0.39, 0.29) is 5.91 Å². The van der Waals surface area contributed by atoms with Crippen LogP contribution in [0, 0.1) is 5.41 Å². The maximum atomic E-state index is 11.9. The molecule has 1 aromatic heterocycles. The number of fused-ring (bicyclic) bond motifs is 1. The quantitative estimate of drug-likeness (QED) is 0.859. The number of aromatic amines is 1. The first-order valence-corrected chi connectivity index (χ1v) is 7.48. The van der Waals surface area contributed by atoms with Crippen molar-refractivity contribution in [1.82, 2.24) is 10.3 Å². The second-order valence-electron chi connectivity index (χ2n) is 6.30. The highest BCUT2D eigenvalue weighted by atomic mass is 16.1. The maximum Gasteiger partial charge on any atom is 0.220 e. The van der Waals surface area contributed by atoms with Gasteiger partial charge in [0.2, 0.25) is 5.91 Å². The summed E-state index contributed by atoms with van der Waals surface area (Å²) in [5, 5.41) is 4.31. The molecule has 0 atom stereocenters. The number of H-pyrrole nitrogens is 1. The average molecular weight is 270 g/mol. The highest BCUT2D eigenvalue weighted by Gasteiger charge is 2.31. The van der Waals surface area contributed by atoms with E-state index in [4.69, 9.17) is 0 Å². The number of hydrogen-bond donors (Lipinski definition) is 2. The summed E-state index contributed by atoms with van der Waals surface area (Å²) in [5.74, 6) is 0.170. The zero-order valence-corrected chi connectivity index (χ0v) is 12.0. The summed E-state index contributed by atoms with van der Waals surface area (Å²) in [6.07, 6.45) is 7.18. The third-order valence-electron chi connectivity index (χ3n) is 4.57. The van der Waals surface area contributed by atoms with Crippen molar-refractivity contribution in [3.8, 4) is 0 Å². The smallest absolute Gasteiger partial charge is 0.220 e. The number of hydrogen-bond acceptors (Lipinski definition) is 1. The molecule has 1 saturated carbocycles. The van der Waals surface area contributed by atoms with Crippen molar-refractivity contribution < 1.29 is 4.79 Å². The van der Waals surface area contributed by atoms with Crippen LogP contribution in [0.25, 0.3) is 10.9 Å². The molecule has 2 aromatic rings. The molecule has 1 aliphatic rings. The van der Waals surface area contributed by atoms with Crippen LogP contribution in [0.3, 0.4) is 0 Å². The number of aromatic nitrogens is 1. The maximum absolute atomic E-state index is 11.9. The Kier molecular flexibility index (Phi) is 3.51. The Labute approximate surface area is 119 Å². The number of carbonyl (C=O) groups excluding carboxylic acids is 1. The second kappa shape index (κ2) is 5.31. The minimum absolute atomic E-state index is 0.170. The first-order valence-electron chi connectivity index (χ1n) is 7.48. The van der Waals surface area contributed by atoms with Crippen LogP contribution in [0.5, 0.6) is 0 Å². The molecule has 20 heavy (non-hydrogen) atoms. The average Bonchev–Trinajstić information content (AvgIpc) is 2.84. The first-order chi connectivity index (χ1) is 9.66. The summed E-state index contributed by atoms with van der Waals surface area (Å²) in [5.41, 5.74) is 2.73. The number of carbonyl (C=O) groups is 1. The Hall–Kier alpha value is -1.77. The largest absolute Gasteiger partial charge is 0.361 e. The Bertz CT molecular complexity index is 610. The lowest BCUT2D eigenvalue weighted by atomic mass is 9.70. The SMILES string of the molecule is CC1(CNC(=O)CCc2c[nH]c3ccccc23)CCC1. The van der Waals surface area contributed by atoms with Crippen LogP contribution in [-0.4, -0.2) is 17.4 Å². The Morgan fingerprint density at radius 3 is 2.90 bits per heavy atom. The summed E-state index contributed by atoms with van der Waals surface area (Å²) < 4.78 is 0. The molecule has 0 bridgehead atoms. The lowest BCUT2D eigenvalue weighted by Crippen LogP contribution is -2.39. The van der Waals surface area contributed by atoms with Crippen LogP contribution in [0.2, 0.25) is 0 Å². The van der Waals surface area contributed by atoms with Crippen LogP contribution in [0.4, 0.5) is 0 Å². The lowest BCUT2D eigenvalue weighted by molar-refractivity contribution is -0.121. The number of para-hydroxylation sites is 1. The van der Waals surface area contributed by atoms with Gasteiger partial charge in [0.25, 0.3) is 0 Å². The van der Waals surface area contributed by atoms with Crippen LogP contribution < -0.4 is 5.32 Å². The topological polar surface area (TPSA) is 44.9 Å². The first kappa shape index (κ1) is 13.2. The Morgan fingerprint density at radius 2 is 2.15 bits per heavy atom. The number of nitrogens with one attached hydrogen (secondary N) is 2. The molecule has 0 spiro atoms. The van der Waals surface area contributed by atoms with Gasteiger partial charge in [-0.05, 0) is 36.3 Å². The third kappa shape index (κ3) is 2.72. The fourth-order valence-corrected chi connectivity index (χ4v) is 2.94. The molecule has 3 heteroatoms. The van der Waals surface area contributed by atoms with E-state index in [2.05, 4.69) is 29.4 Å². The summed E-state index contributed by atoms with van der Waals surface area (Å²) in [6, 6.07) is 8.23. The van der Waals surface area contributed by atoms with Gasteiger partial charge in [-0.2, -0.15) is 0 Å². The fourth-order valence-electron chi connectivity index (χ4n) is 2.94. The van der Waals surface area contributed by atoms with Gasteiger partial charge in [-0.1, -0.05) is 31.5 Å². The third-order valence-corrected chi connectivity index (χ3v) is 4.57. The summed E-state index contributed by atoms with van der Waals surface area (Å²) in [6.45, 7) is 3.09. The van der Waals surface area contributed by atoms with Crippen molar-refractivity contribution in [2.24, 2.45) is 5.41 Å². The number of rotatable bonds is 5. The highest BCUT2D eigenvalue weighted by molar-refractivity contribution is 5.84. The molecule has 0 aliphatic heterocycles. The molecule has 1 aliphatic carbocycles. The molecule has 3 nitrogen and oxygen atoms in total. The predicted octanol–water partition coefficient (Wildman–Crippen LogP) is 3.41. The van der Waals surface area contributed by atoms with Crippen molar-refractivity contribution in [2.45, 2.75) is 39.0 Å². The highest BCUT2D eigenvalue weighted by Crippen LogP contribution is 2.39. The molecule has 1 aromatic carbocycles. The minimum atomic E-state index is 0.170. The van der Waals surface area contributed by atoms with Crippen molar-refractivity contribution in [3.63, 3.8) is 0 Å². The molecule has 2 N–H and O–H groups in total. The van der Waals surface area contributed by atoms with E-state index in [0.717, 1.165) is 18.5 Å². The van der Waals surface area contributed by atoms with Crippen molar-refractivity contribution >= 4 is 16.8 Å². The van der Waals surface area contributed by atoms with Crippen LogP contribution in [-0.2, 0) is 11.2 Å². The van der Waals surface area contributed by atoms with Crippen LogP contribution in [0.1, 0.15) is 38.2 Å². The summed E-state index contributed by atoms with van der Waals surface area (Å²) in [7, 11) is 0. The van der Waals surface area contributed by atoms with Gasteiger partial charge in [-0.3, -0.25) is 4.79 Å². The van der Waals surface area contributed by atoms with E-state index in [0.29, 0.717) is 11.8 Å². The molecule has 1 amide bonds. The monoisotopic (exact) mass is 270 g/mol. The van der Waals surface area contributed by atoms with Gasteiger partial charge in [0, 0.05) is 30.1 Å². The minimum Gasteiger partial charge on any atom is -0.361 e. The van der Waals surface area contributed by atoms with Crippen LogP contribution in [0.15, 0.2) is 30.5 Å². The number of amides is 1. The standard InChI is InChI=1S/C17H22N2O/c1-17(9-4-10-17)12-19-16(20)8-7-13-11-18-15-6-3-2-5-14(13)15/h2-3,5-6,11,18H,4,7-10,12H2,1H3,(H,19,20). The number of benzene rings is 1. The van der Waals surface area contributed by atoms with E-state index < -0.39 is 0 Å². The fraction of sp³-hybridized carbons (Fsp3) is 0.471. The van der Waals surface area contributed by atoms with Gasteiger partial charge >= 0.3 is 0 Å². The van der Waals surface area contributed by atoms with Gasteiger partial charge in [0.05, 0.1) is 0 Å². The van der Waals surface area contributed by atoms with Gasteiger partial charge in [0.15, 0.2) is 0 Å². The van der Waals surface area contributed by atoms with Crippen LogP contribution >= 0.6 is 0 Å². The van der Waals surface area contributed by atoms with Gasteiger partial charge in [-0.25, -0.2) is 0 Å². The molecule has 0 saturated heterocycles. The van der Waals surface area contributed by atoms with Gasteiger partial charge in [-0.15, -0.1) is 0 Å². The molecular weight excluding hydrogens is 248 g/mol. The molecule has 1 heterocycles. The molecule has 0 radical (unpaired) electrons. The van der Waals surface area contributed by atoms with E-state index >= 15 is 0 Å². The van der Waals surface area contributed by atoms with E-state index in [1.165, 1.54) is 30.2 Å². The van der Waals surface area contributed by atoms with Crippen molar-refractivity contribution in [3.05, 3.63) is 36.0 Å². The molecular formula is C17H22N2O. The van der Waals surface area contributed by atoms with Crippen molar-refractivity contribution in [2.75, 3.05) is 6.54 Å². The zero-order chi connectivity index (χ0) is 14.0. The Morgan fingerprint density at radius 1 is 1.35 bits per heavy atom. The van der Waals surface area contributed by atoms with E-state index in [1.54, 1.807) is 0 Å². The van der Waals surface area contributed by atoms with E-state index in [1.807, 2.05) is 18.3 Å². The Balaban J connectivity index is 1.52. The normalized spacial score (nSPS) is 16.9. The lowest BCUT2D eigenvalue weighted by Gasteiger charge is -2.38. The molecule has 3 rings (SSSR count). The summed E-state index contributed by atoms with van der Waals surface area (Å²) >= 11 is 0. The van der Waals surface area contributed by atoms with E-state index in [9.17, 15) is 4.79 Å². The van der Waals surface area contributed by atoms with Gasteiger partial charge in [0.1, 0.15) is 0 Å². The zero-order valence-electron chi connectivity index (χ0n) is 12.0. The second-order valence-corrected chi connectivity index (χ2v) is 6.30. The van der Waals surface area contributed by atoms with Gasteiger partial charge < -0.3 is 10.3 Å². The molecule has 1 fully saturated rings. The predicted molar refractivity (Wildman–Crippen MR) is 81.6 cm³/mol. The molecule has 106 valence electrons. The molecule has 0 unspecified atom stereocenters. The summed E-state index contributed by atoms with van der Waals surface area (Å²) in [4.78, 5) is 15.2. The van der Waals surface area contributed by atoms with Crippen molar-refractivity contribution in [1.29, 1.82) is 0 Å². The number of aryl methyl sites for hydroxylation is 1.